The molecule has 3 rings (SSSR count). The van der Waals surface area contributed by atoms with Crippen LogP contribution in [-0.2, 0) is 4.79 Å². The third-order valence-corrected chi connectivity index (χ3v) is 3.78. The molecule has 0 aromatic carbocycles. The average Bonchev–Trinajstić information content (AvgIpc) is 2.95. The first kappa shape index (κ1) is 14.5. The first-order chi connectivity index (χ1) is 10.7. The van der Waals surface area contributed by atoms with E-state index in [-0.39, 0.29) is 11.8 Å². The van der Waals surface area contributed by atoms with Crippen molar-refractivity contribution in [2.24, 2.45) is 5.92 Å². The van der Waals surface area contributed by atoms with Gasteiger partial charge in [0.1, 0.15) is 5.76 Å². The molecule has 22 heavy (non-hydrogen) atoms. The summed E-state index contributed by atoms with van der Waals surface area (Å²) >= 11 is 0. The molecular weight excluding hydrogens is 282 g/mol. The second-order valence-electron chi connectivity index (χ2n) is 5.58. The SMILES string of the molecule is Cc1cc(Nc2ccc(NC(=O)C3CCCCC3)nn2)no1. The van der Waals surface area contributed by atoms with Crippen LogP contribution in [0.5, 0.6) is 0 Å². The van der Waals surface area contributed by atoms with Gasteiger partial charge in [-0.15, -0.1) is 10.2 Å². The van der Waals surface area contributed by atoms with Crippen LogP contribution < -0.4 is 10.6 Å². The minimum absolute atomic E-state index is 0.0434. The summed E-state index contributed by atoms with van der Waals surface area (Å²) in [7, 11) is 0. The van der Waals surface area contributed by atoms with E-state index in [2.05, 4.69) is 26.0 Å². The molecule has 0 bridgehead atoms. The lowest BCUT2D eigenvalue weighted by Gasteiger charge is -2.20. The maximum Gasteiger partial charge on any atom is 0.228 e. The van der Waals surface area contributed by atoms with Gasteiger partial charge in [-0.2, -0.15) is 0 Å². The normalized spacial score (nSPS) is 15.5. The highest BCUT2D eigenvalue weighted by molar-refractivity contribution is 5.91. The maximum atomic E-state index is 12.1. The Morgan fingerprint density at radius 1 is 1.14 bits per heavy atom. The molecule has 0 saturated heterocycles. The molecule has 1 aliphatic carbocycles. The zero-order valence-electron chi connectivity index (χ0n) is 12.5. The van der Waals surface area contributed by atoms with Crippen LogP contribution in [-0.4, -0.2) is 21.3 Å². The first-order valence-electron chi connectivity index (χ1n) is 7.55. The van der Waals surface area contributed by atoms with Gasteiger partial charge in [0.25, 0.3) is 0 Å². The Morgan fingerprint density at radius 3 is 2.50 bits per heavy atom. The fourth-order valence-corrected chi connectivity index (χ4v) is 2.62. The van der Waals surface area contributed by atoms with Gasteiger partial charge >= 0.3 is 0 Å². The van der Waals surface area contributed by atoms with Crippen molar-refractivity contribution >= 4 is 23.4 Å². The number of hydrogen-bond donors (Lipinski definition) is 2. The van der Waals surface area contributed by atoms with E-state index >= 15 is 0 Å². The topological polar surface area (TPSA) is 92.9 Å². The minimum atomic E-state index is 0.0434. The van der Waals surface area contributed by atoms with E-state index in [9.17, 15) is 4.79 Å². The van der Waals surface area contributed by atoms with Gasteiger partial charge in [-0.3, -0.25) is 4.79 Å². The van der Waals surface area contributed by atoms with Crippen LogP contribution in [0, 0.1) is 12.8 Å². The Balaban J connectivity index is 1.57. The lowest BCUT2D eigenvalue weighted by atomic mass is 9.89. The summed E-state index contributed by atoms with van der Waals surface area (Å²) in [5, 5.41) is 17.7. The van der Waals surface area contributed by atoms with Gasteiger partial charge in [0.2, 0.25) is 5.91 Å². The van der Waals surface area contributed by atoms with E-state index in [4.69, 9.17) is 4.52 Å². The van der Waals surface area contributed by atoms with Crippen molar-refractivity contribution < 1.29 is 9.32 Å². The smallest absolute Gasteiger partial charge is 0.228 e. The van der Waals surface area contributed by atoms with Crippen LogP contribution in [0.1, 0.15) is 37.9 Å². The van der Waals surface area contributed by atoms with E-state index in [1.807, 2.05) is 6.92 Å². The minimum Gasteiger partial charge on any atom is -0.360 e. The predicted octanol–water partition coefficient (Wildman–Crippen LogP) is 3.04. The van der Waals surface area contributed by atoms with Crippen molar-refractivity contribution in [3.8, 4) is 0 Å². The van der Waals surface area contributed by atoms with E-state index < -0.39 is 0 Å². The molecule has 0 unspecified atom stereocenters. The Morgan fingerprint density at radius 2 is 1.86 bits per heavy atom. The zero-order chi connectivity index (χ0) is 15.4. The van der Waals surface area contributed by atoms with Gasteiger partial charge in [0.05, 0.1) is 0 Å². The first-order valence-corrected chi connectivity index (χ1v) is 7.55. The van der Waals surface area contributed by atoms with Crippen LogP contribution in [0.25, 0.3) is 0 Å². The van der Waals surface area contributed by atoms with Crippen molar-refractivity contribution in [2.75, 3.05) is 10.6 Å². The highest BCUT2D eigenvalue weighted by Crippen LogP contribution is 2.24. The fraction of sp³-hybridized carbons (Fsp3) is 0.467. The molecule has 0 radical (unpaired) electrons. The number of aromatic nitrogens is 3. The van der Waals surface area contributed by atoms with Crippen LogP contribution >= 0.6 is 0 Å². The molecule has 0 spiro atoms. The number of amides is 1. The molecule has 2 aromatic rings. The van der Waals surface area contributed by atoms with Crippen LogP contribution in [0.2, 0.25) is 0 Å². The number of anilines is 3. The summed E-state index contributed by atoms with van der Waals surface area (Å²) in [5.74, 6) is 2.45. The number of hydrogen-bond acceptors (Lipinski definition) is 6. The fourth-order valence-electron chi connectivity index (χ4n) is 2.62. The van der Waals surface area contributed by atoms with Crippen molar-refractivity contribution in [2.45, 2.75) is 39.0 Å². The number of nitrogens with one attached hydrogen (secondary N) is 2. The van der Waals surface area contributed by atoms with Gasteiger partial charge in [0.15, 0.2) is 17.5 Å². The summed E-state index contributed by atoms with van der Waals surface area (Å²) in [6, 6.07) is 5.23. The van der Waals surface area contributed by atoms with Crippen LogP contribution in [0.15, 0.2) is 22.7 Å². The summed E-state index contributed by atoms with van der Waals surface area (Å²) in [6.45, 7) is 1.81. The summed E-state index contributed by atoms with van der Waals surface area (Å²) in [4.78, 5) is 12.1. The lowest BCUT2D eigenvalue weighted by molar-refractivity contribution is -0.120. The largest absolute Gasteiger partial charge is 0.360 e. The van der Waals surface area contributed by atoms with Crippen molar-refractivity contribution in [1.82, 2.24) is 15.4 Å². The highest BCUT2D eigenvalue weighted by atomic mass is 16.5. The average molecular weight is 301 g/mol. The lowest BCUT2D eigenvalue weighted by Crippen LogP contribution is -2.25. The summed E-state index contributed by atoms with van der Waals surface area (Å²) < 4.78 is 4.96. The van der Waals surface area contributed by atoms with Crippen LogP contribution in [0.4, 0.5) is 17.5 Å². The van der Waals surface area contributed by atoms with Gasteiger partial charge in [-0.1, -0.05) is 24.4 Å². The van der Waals surface area contributed by atoms with Gasteiger partial charge in [0, 0.05) is 12.0 Å². The third kappa shape index (κ3) is 3.60. The number of rotatable bonds is 4. The summed E-state index contributed by atoms with van der Waals surface area (Å²) in [6.07, 6.45) is 5.41. The number of nitrogens with zero attached hydrogens (tertiary/aromatic N) is 3. The third-order valence-electron chi connectivity index (χ3n) is 3.78. The Labute approximate surface area is 128 Å². The van der Waals surface area contributed by atoms with Crippen molar-refractivity contribution in [3.63, 3.8) is 0 Å². The second-order valence-corrected chi connectivity index (χ2v) is 5.58. The highest BCUT2D eigenvalue weighted by Gasteiger charge is 2.21. The molecule has 1 aliphatic rings. The van der Waals surface area contributed by atoms with Crippen molar-refractivity contribution in [3.05, 3.63) is 24.0 Å². The molecule has 1 saturated carbocycles. The number of aryl methyl sites for hydroxylation is 1. The predicted molar refractivity (Wildman–Crippen MR) is 81.8 cm³/mol. The molecule has 2 N–H and O–H groups in total. The molecule has 0 aliphatic heterocycles. The molecule has 1 fully saturated rings. The molecule has 2 aromatic heterocycles. The van der Waals surface area contributed by atoms with Crippen LogP contribution in [0.3, 0.4) is 0 Å². The molecule has 116 valence electrons. The Hall–Kier alpha value is -2.44. The van der Waals surface area contributed by atoms with Gasteiger partial charge in [-0.25, -0.2) is 0 Å². The molecule has 2 heterocycles. The molecule has 7 heteroatoms. The number of carbonyl (C=O) groups excluding carboxylic acids is 1. The van der Waals surface area contributed by atoms with E-state index in [0.29, 0.717) is 23.2 Å². The number of carbonyl (C=O) groups is 1. The summed E-state index contributed by atoms with van der Waals surface area (Å²) in [5.41, 5.74) is 0. The standard InChI is InChI=1S/C15H19N5O2/c1-10-9-14(20-22-10)16-12-7-8-13(19-18-12)17-15(21)11-5-3-2-4-6-11/h7-9,11H,2-6H2,1H3,(H,16,18,20)(H,17,19,21). The Bertz CT molecular complexity index is 632. The van der Waals surface area contributed by atoms with E-state index in [0.717, 1.165) is 25.7 Å². The zero-order valence-corrected chi connectivity index (χ0v) is 12.5. The monoisotopic (exact) mass is 301 g/mol. The molecule has 7 nitrogen and oxygen atoms in total. The van der Waals surface area contributed by atoms with Crippen molar-refractivity contribution in [1.29, 1.82) is 0 Å². The maximum absolute atomic E-state index is 12.1. The van der Waals surface area contributed by atoms with E-state index in [1.165, 1.54) is 6.42 Å². The molecule has 0 atom stereocenters. The second kappa shape index (κ2) is 6.55. The van der Waals surface area contributed by atoms with E-state index in [1.54, 1.807) is 18.2 Å². The quantitative estimate of drug-likeness (QED) is 0.901. The van der Waals surface area contributed by atoms with Gasteiger partial charge < -0.3 is 15.2 Å². The Kier molecular flexibility index (Phi) is 4.32. The van der Waals surface area contributed by atoms with Gasteiger partial charge in [-0.05, 0) is 31.9 Å². The molecule has 1 amide bonds. The molecular formula is C15H19N5O2.